The van der Waals surface area contributed by atoms with Crippen molar-refractivity contribution >= 4 is 33.5 Å². The summed E-state index contributed by atoms with van der Waals surface area (Å²) < 4.78 is 44.8. The Hall–Kier alpha value is -3.51. The Morgan fingerprint density at radius 2 is 1.71 bits per heavy atom. The molecule has 12 heteroatoms. The summed E-state index contributed by atoms with van der Waals surface area (Å²) in [5.41, 5.74) is 4.32. The van der Waals surface area contributed by atoms with Gasteiger partial charge in [-0.15, -0.1) is 0 Å². The highest BCUT2D eigenvalue weighted by Gasteiger charge is 2.25. The molecule has 2 amide bonds. The van der Waals surface area contributed by atoms with Gasteiger partial charge in [0.2, 0.25) is 10.0 Å². The van der Waals surface area contributed by atoms with Gasteiger partial charge in [0.15, 0.2) is 6.61 Å². The second-order valence-corrected chi connectivity index (χ2v) is 9.87. The number of halogens is 1. The van der Waals surface area contributed by atoms with E-state index in [1.54, 1.807) is 6.07 Å². The Balaban J connectivity index is 1.69. The molecule has 0 bridgehead atoms. The number of nitrogens with one attached hydrogen (secondary N) is 2. The molecule has 1 fully saturated rings. The maximum absolute atomic E-state index is 13.6. The summed E-state index contributed by atoms with van der Waals surface area (Å²) in [5.74, 6) is -3.40. The average Bonchev–Trinajstić information content (AvgIpc) is 3.35. The average molecular weight is 493 g/mol. The van der Waals surface area contributed by atoms with Crippen molar-refractivity contribution in [2.45, 2.75) is 17.7 Å². The van der Waals surface area contributed by atoms with E-state index in [0.717, 1.165) is 23.2 Å². The van der Waals surface area contributed by atoms with Crippen LogP contribution in [0.15, 0.2) is 47.4 Å². The number of carbonyl (C=O) groups excluding carboxylic acids is 3. The van der Waals surface area contributed by atoms with Crippen LogP contribution in [0.2, 0.25) is 0 Å². The number of nitrogens with zero attached hydrogens (tertiary/aromatic N) is 2. The predicted octanol–water partition coefficient (Wildman–Crippen LogP) is 1.29. The van der Waals surface area contributed by atoms with E-state index in [2.05, 4.69) is 0 Å². The molecule has 182 valence electrons. The molecule has 2 aromatic carbocycles. The molecule has 1 aliphatic rings. The first-order valence-electron chi connectivity index (χ1n) is 10.4. The summed E-state index contributed by atoms with van der Waals surface area (Å²) in [4.78, 5) is 38.7. The zero-order valence-electron chi connectivity index (χ0n) is 18.7. The lowest BCUT2D eigenvalue weighted by molar-refractivity contribution is -0.125. The number of sulfonamides is 1. The highest BCUT2D eigenvalue weighted by atomic mass is 32.2. The number of esters is 1. The third kappa shape index (κ3) is 5.69. The van der Waals surface area contributed by atoms with E-state index < -0.39 is 40.2 Å². The van der Waals surface area contributed by atoms with E-state index in [-0.39, 0.29) is 16.0 Å². The maximum atomic E-state index is 13.6. The standard InChI is InChI=1S/C22H25FN4O6S/c1-26(2)34(31,32)15-9-10-19(27-11-5-6-12-27)17(13-15)22(30)33-14-20(28)24-25-21(29)16-7-3-4-8-18(16)23/h3-4,7-10,13H,5-6,11-12,14H2,1-2H3,(H,24,28)(H,25,29). The van der Waals surface area contributed by atoms with Gasteiger partial charge in [-0.1, -0.05) is 12.1 Å². The van der Waals surface area contributed by atoms with E-state index in [1.807, 2.05) is 15.8 Å². The van der Waals surface area contributed by atoms with Crippen LogP contribution in [0, 0.1) is 5.82 Å². The Bertz CT molecular complexity index is 1200. The van der Waals surface area contributed by atoms with E-state index in [1.165, 1.54) is 44.4 Å². The van der Waals surface area contributed by atoms with Crippen LogP contribution in [0.3, 0.4) is 0 Å². The van der Waals surface area contributed by atoms with Crippen molar-refractivity contribution in [3.63, 3.8) is 0 Å². The van der Waals surface area contributed by atoms with Gasteiger partial charge in [-0.2, -0.15) is 0 Å². The molecule has 3 rings (SSSR count). The number of rotatable bonds is 7. The molecule has 1 aliphatic heterocycles. The van der Waals surface area contributed by atoms with E-state index >= 15 is 0 Å². The lowest BCUT2D eigenvalue weighted by atomic mass is 10.1. The molecule has 0 atom stereocenters. The lowest BCUT2D eigenvalue weighted by Gasteiger charge is -2.22. The van der Waals surface area contributed by atoms with Crippen LogP contribution in [0.1, 0.15) is 33.6 Å². The highest BCUT2D eigenvalue weighted by molar-refractivity contribution is 7.89. The molecule has 2 N–H and O–H groups in total. The van der Waals surface area contributed by atoms with E-state index in [9.17, 15) is 27.2 Å². The van der Waals surface area contributed by atoms with E-state index in [4.69, 9.17) is 4.74 Å². The quantitative estimate of drug-likeness (QED) is 0.441. The van der Waals surface area contributed by atoms with Crippen molar-refractivity contribution in [1.29, 1.82) is 0 Å². The molecule has 10 nitrogen and oxygen atoms in total. The minimum Gasteiger partial charge on any atom is -0.452 e. The van der Waals surface area contributed by atoms with Gasteiger partial charge < -0.3 is 9.64 Å². The van der Waals surface area contributed by atoms with Gasteiger partial charge in [-0.05, 0) is 43.2 Å². The fourth-order valence-corrected chi connectivity index (χ4v) is 4.30. The largest absolute Gasteiger partial charge is 0.452 e. The molecular formula is C22H25FN4O6S. The van der Waals surface area contributed by atoms with Gasteiger partial charge >= 0.3 is 5.97 Å². The van der Waals surface area contributed by atoms with Gasteiger partial charge in [-0.25, -0.2) is 21.9 Å². The molecule has 1 saturated heterocycles. The number of ether oxygens (including phenoxy) is 1. The molecule has 1 heterocycles. The third-order valence-corrected chi connectivity index (χ3v) is 6.99. The summed E-state index contributed by atoms with van der Waals surface area (Å²) >= 11 is 0. The van der Waals surface area contributed by atoms with Crippen molar-refractivity contribution in [2.75, 3.05) is 38.7 Å². The van der Waals surface area contributed by atoms with Crippen molar-refractivity contribution < 1.29 is 31.9 Å². The molecule has 2 aromatic rings. The molecule has 34 heavy (non-hydrogen) atoms. The second kappa shape index (κ2) is 10.6. The minimum absolute atomic E-state index is 0.00742. The number of benzene rings is 2. The first-order valence-corrected chi connectivity index (χ1v) is 11.9. The maximum Gasteiger partial charge on any atom is 0.340 e. The Kier molecular flexibility index (Phi) is 7.84. The summed E-state index contributed by atoms with van der Waals surface area (Å²) in [6, 6.07) is 9.41. The zero-order chi connectivity index (χ0) is 24.9. The Morgan fingerprint density at radius 1 is 1.03 bits per heavy atom. The van der Waals surface area contributed by atoms with Crippen molar-refractivity contribution in [3.05, 3.63) is 59.4 Å². The van der Waals surface area contributed by atoms with Crippen LogP contribution in [0.25, 0.3) is 0 Å². The first kappa shape index (κ1) is 25.1. The smallest absolute Gasteiger partial charge is 0.340 e. The predicted molar refractivity (Wildman–Crippen MR) is 121 cm³/mol. The Labute approximate surface area is 196 Å². The van der Waals surface area contributed by atoms with Crippen LogP contribution in [-0.4, -0.2) is 64.3 Å². The van der Waals surface area contributed by atoms with Crippen molar-refractivity contribution in [1.82, 2.24) is 15.2 Å². The number of hydrazine groups is 1. The van der Waals surface area contributed by atoms with Crippen LogP contribution >= 0.6 is 0 Å². The van der Waals surface area contributed by atoms with Gasteiger partial charge in [-0.3, -0.25) is 20.4 Å². The van der Waals surface area contributed by atoms with Crippen LogP contribution in [0.5, 0.6) is 0 Å². The summed E-state index contributed by atoms with van der Waals surface area (Å²) in [5, 5.41) is 0. The van der Waals surface area contributed by atoms with Crippen LogP contribution < -0.4 is 15.8 Å². The molecule has 0 aromatic heterocycles. The zero-order valence-corrected chi connectivity index (χ0v) is 19.5. The number of anilines is 1. The van der Waals surface area contributed by atoms with Crippen LogP contribution in [-0.2, 0) is 19.6 Å². The number of hydrogen-bond donors (Lipinski definition) is 2. The lowest BCUT2D eigenvalue weighted by Crippen LogP contribution is -2.43. The second-order valence-electron chi connectivity index (χ2n) is 7.72. The molecule has 0 aliphatic carbocycles. The van der Waals surface area contributed by atoms with Gasteiger partial charge in [0.1, 0.15) is 5.82 Å². The van der Waals surface area contributed by atoms with Crippen molar-refractivity contribution in [3.8, 4) is 0 Å². The summed E-state index contributed by atoms with van der Waals surface area (Å²) in [7, 11) is -1.05. The minimum atomic E-state index is -3.80. The van der Waals surface area contributed by atoms with Gasteiger partial charge in [0.05, 0.1) is 21.7 Å². The Morgan fingerprint density at radius 3 is 2.35 bits per heavy atom. The monoisotopic (exact) mass is 492 g/mol. The third-order valence-electron chi connectivity index (χ3n) is 5.18. The number of hydrogen-bond acceptors (Lipinski definition) is 7. The summed E-state index contributed by atoms with van der Waals surface area (Å²) in [6.45, 7) is 0.645. The molecule has 0 radical (unpaired) electrons. The molecular weight excluding hydrogens is 467 g/mol. The molecule has 0 unspecified atom stereocenters. The fraction of sp³-hybridized carbons (Fsp3) is 0.318. The normalized spacial score (nSPS) is 13.6. The number of carbonyl (C=O) groups is 3. The first-order chi connectivity index (χ1) is 16.1. The van der Waals surface area contributed by atoms with Crippen LogP contribution in [0.4, 0.5) is 10.1 Å². The SMILES string of the molecule is CN(C)S(=O)(=O)c1ccc(N2CCCC2)c(C(=O)OCC(=O)NNC(=O)c2ccccc2F)c1. The topological polar surface area (TPSA) is 125 Å². The molecule has 0 spiro atoms. The molecule has 0 saturated carbocycles. The fourth-order valence-electron chi connectivity index (χ4n) is 3.37. The summed E-state index contributed by atoms with van der Waals surface area (Å²) in [6.07, 6.45) is 1.85. The van der Waals surface area contributed by atoms with E-state index in [0.29, 0.717) is 18.8 Å². The highest BCUT2D eigenvalue weighted by Crippen LogP contribution is 2.28. The number of amides is 2. The van der Waals surface area contributed by atoms with Gasteiger partial charge in [0, 0.05) is 27.2 Å². The van der Waals surface area contributed by atoms with Gasteiger partial charge in [0.25, 0.3) is 11.8 Å². The van der Waals surface area contributed by atoms with Crippen molar-refractivity contribution in [2.24, 2.45) is 0 Å².